The van der Waals surface area contributed by atoms with Crippen LogP contribution in [0, 0.1) is 0 Å². The van der Waals surface area contributed by atoms with E-state index in [1.165, 1.54) is 0 Å². The van der Waals surface area contributed by atoms with E-state index in [4.69, 9.17) is 0 Å². The van der Waals surface area contributed by atoms with Crippen LogP contribution in [0.1, 0.15) is 37.1 Å². The van der Waals surface area contributed by atoms with Crippen molar-refractivity contribution in [3.63, 3.8) is 0 Å². The summed E-state index contributed by atoms with van der Waals surface area (Å²) in [5.41, 5.74) is 0.800. The zero-order valence-corrected chi connectivity index (χ0v) is 9.05. The van der Waals surface area contributed by atoms with E-state index >= 15 is 0 Å². The third kappa shape index (κ3) is 2.26. The van der Waals surface area contributed by atoms with Crippen LogP contribution >= 0.6 is 0 Å². The van der Waals surface area contributed by atoms with Gasteiger partial charge in [-0.1, -0.05) is 6.92 Å². The van der Waals surface area contributed by atoms with Crippen LogP contribution in [0.4, 0.5) is 0 Å². The van der Waals surface area contributed by atoms with Crippen molar-refractivity contribution in [1.29, 1.82) is 0 Å². The maximum atomic E-state index is 11.6. The Labute approximate surface area is 89.1 Å². The van der Waals surface area contributed by atoms with Gasteiger partial charge >= 0.3 is 0 Å². The average Bonchev–Trinajstić information content (AvgIpc) is 2.30. The van der Waals surface area contributed by atoms with Crippen molar-refractivity contribution in [2.24, 2.45) is 0 Å². The highest BCUT2D eigenvalue weighted by atomic mass is 16.1. The molecule has 0 spiro atoms. The molecule has 1 aromatic heterocycles. The van der Waals surface area contributed by atoms with E-state index in [-0.39, 0.29) is 5.56 Å². The van der Waals surface area contributed by atoms with Gasteiger partial charge in [-0.05, 0) is 32.4 Å². The lowest BCUT2D eigenvalue weighted by Gasteiger charge is -2.21. The summed E-state index contributed by atoms with van der Waals surface area (Å²) >= 11 is 0. The molecule has 1 aliphatic rings. The third-order valence-electron chi connectivity index (χ3n) is 3.00. The Kier molecular flexibility index (Phi) is 3.16. The number of rotatable bonds is 2. The Morgan fingerprint density at radius 1 is 1.47 bits per heavy atom. The molecule has 2 rings (SSSR count). The third-order valence-corrected chi connectivity index (χ3v) is 3.00. The largest absolute Gasteiger partial charge is 0.317 e. The van der Waals surface area contributed by atoms with Gasteiger partial charge < -0.3 is 10.3 Å². The SMILES string of the molecule is CCc1cnc(C2CCNCC2)[nH]c1=O. The van der Waals surface area contributed by atoms with Crippen molar-refractivity contribution in [3.05, 3.63) is 27.9 Å². The smallest absolute Gasteiger partial charge is 0.254 e. The Morgan fingerprint density at radius 3 is 2.80 bits per heavy atom. The zero-order chi connectivity index (χ0) is 10.7. The van der Waals surface area contributed by atoms with Crippen LogP contribution < -0.4 is 10.9 Å². The molecule has 2 N–H and O–H groups in total. The second-order valence-corrected chi connectivity index (χ2v) is 4.00. The van der Waals surface area contributed by atoms with Crippen molar-refractivity contribution in [2.45, 2.75) is 32.1 Å². The fourth-order valence-electron chi connectivity index (χ4n) is 1.99. The average molecular weight is 207 g/mol. The second kappa shape index (κ2) is 4.57. The summed E-state index contributed by atoms with van der Waals surface area (Å²) in [4.78, 5) is 18.9. The molecule has 0 aromatic carbocycles. The summed E-state index contributed by atoms with van der Waals surface area (Å²) in [6, 6.07) is 0. The van der Waals surface area contributed by atoms with Gasteiger partial charge in [0.15, 0.2) is 0 Å². The molecule has 0 atom stereocenters. The molecule has 1 aromatic rings. The first kappa shape index (κ1) is 10.4. The van der Waals surface area contributed by atoms with Gasteiger partial charge in [0.05, 0.1) is 0 Å². The lowest BCUT2D eigenvalue weighted by molar-refractivity contribution is 0.443. The minimum absolute atomic E-state index is 0.0287. The summed E-state index contributed by atoms with van der Waals surface area (Å²) < 4.78 is 0. The number of hydrogen-bond acceptors (Lipinski definition) is 3. The molecule has 82 valence electrons. The Bertz CT molecular complexity index is 380. The number of aromatic nitrogens is 2. The number of nitrogens with zero attached hydrogens (tertiary/aromatic N) is 1. The zero-order valence-electron chi connectivity index (χ0n) is 9.05. The standard InChI is InChI=1S/C11H17N3O/c1-2-8-7-13-10(14-11(8)15)9-3-5-12-6-4-9/h7,9,12H,2-6H2,1H3,(H,13,14,15). The van der Waals surface area contributed by atoms with Gasteiger partial charge in [-0.25, -0.2) is 4.98 Å². The van der Waals surface area contributed by atoms with E-state index < -0.39 is 0 Å². The molecule has 0 bridgehead atoms. The van der Waals surface area contributed by atoms with Gasteiger partial charge in [-0.3, -0.25) is 4.79 Å². The van der Waals surface area contributed by atoms with Gasteiger partial charge in [-0.15, -0.1) is 0 Å². The molecule has 1 saturated heterocycles. The highest BCUT2D eigenvalue weighted by molar-refractivity contribution is 5.08. The topological polar surface area (TPSA) is 57.8 Å². The fourth-order valence-corrected chi connectivity index (χ4v) is 1.99. The minimum atomic E-state index is 0.0287. The lowest BCUT2D eigenvalue weighted by atomic mass is 9.97. The molecule has 0 amide bonds. The summed E-state index contributed by atoms with van der Waals surface area (Å²) in [6.45, 7) is 4.00. The second-order valence-electron chi connectivity index (χ2n) is 4.00. The fraction of sp³-hybridized carbons (Fsp3) is 0.636. The molecule has 1 aliphatic heterocycles. The predicted molar refractivity (Wildman–Crippen MR) is 59.1 cm³/mol. The van der Waals surface area contributed by atoms with Crippen LogP contribution in [0.25, 0.3) is 0 Å². The molecule has 2 heterocycles. The summed E-state index contributed by atoms with van der Waals surface area (Å²) in [7, 11) is 0. The van der Waals surface area contributed by atoms with Crippen molar-refractivity contribution in [2.75, 3.05) is 13.1 Å². The molecular weight excluding hydrogens is 190 g/mol. The quantitative estimate of drug-likeness (QED) is 0.754. The number of piperidine rings is 1. The number of aromatic amines is 1. The number of nitrogens with one attached hydrogen (secondary N) is 2. The molecule has 4 nitrogen and oxygen atoms in total. The van der Waals surface area contributed by atoms with Crippen LogP contribution in [-0.2, 0) is 6.42 Å². The van der Waals surface area contributed by atoms with E-state index in [1.807, 2.05) is 6.92 Å². The number of aryl methyl sites for hydroxylation is 1. The molecule has 1 fully saturated rings. The maximum absolute atomic E-state index is 11.6. The highest BCUT2D eigenvalue weighted by Crippen LogP contribution is 2.20. The van der Waals surface area contributed by atoms with E-state index in [9.17, 15) is 4.79 Å². The van der Waals surface area contributed by atoms with Crippen LogP contribution in [0.5, 0.6) is 0 Å². The van der Waals surface area contributed by atoms with Gasteiger partial charge in [-0.2, -0.15) is 0 Å². The molecule has 15 heavy (non-hydrogen) atoms. The van der Waals surface area contributed by atoms with Gasteiger partial charge in [0.2, 0.25) is 0 Å². The lowest BCUT2D eigenvalue weighted by Crippen LogP contribution is -2.29. The summed E-state index contributed by atoms with van der Waals surface area (Å²) in [5, 5.41) is 3.30. The monoisotopic (exact) mass is 207 g/mol. The molecule has 0 unspecified atom stereocenters. The van der Waals surface area contributed by atoms with Crippen molar-refractivity contribution in [1.82, 2.24) is 15.3 Å². The van der Waals surface area contributed by atoms with Crippen molar-refractivity contribution >= 4 is 0 Å². The first-order valence-electron chi connectivity index (χ1n) is 5.60. The minimum Gasteiger partial charge on any atom is -0.317 e. The Hall–Kier alpha value is -1.16. The van der Waals surface area contributed by atoms with Crippen LogP contribution in [0.2, 0.25) is 0 Å². The number of H-pyrrole nitrogens is 1. The summed E-state index contributed by atoms with van der Waals surface area (Å²) in [6.07, 6.45) is 4.59. The van der Waals surface area contributed by atoms with E-state index in [0.717, 1.165) is 43.7 Å². The van der Waals surface area contributed by atoms with E-state index in [1.54, 1.807) is 6.20 Å². The van der Waals surface area contributed by atoms with Crippen molar-refractivity contribution in [3.8, 4) is 0 Å². The Morgan fingerprint density at radius 2 is 2.20 bits per heavy atom. The molecule has 4 heteroatoms. The van der Waals surface area contributed by atoms with Crippen LogP contribution in [0.3, 0.4) is 0 Å². The first-order chi connectivity index (χ1) is 7.31. The van der Waals surface area contributed by atoms with Crippen LogP contribution in [-0.4, -0.2) is 23.1 Å². The number of hydrogen-bond donors (Lipinski definition) is 2. The van der Waals surface area contributed by atoms with E-state index in [0.29, 0.717) is 5.92 Å². The molecule has 0 radical (unpaired) electrons. The van der Waals surface area contributed by atoms with Gasteiger partial charge in [0.1, 0.15) is 5.82 Å². The molecular formula is C11H17N3O. The van der Waals surface area contributed by atoms with Crippen LogP contribution in [0.15, 0.2) is 11.0 Å². The Balaban J connectivity index is 2.21. The predicted octanol–water partition coefficient (Wildman–Crippen LogP) is 0.799. The van der Waals surface area contributed by atoms with Gasteiger partial charge in [0.25, 0.3) is 5.56 Å². The van der Waals surface area contributed by atoms with Crippen molar-refractivity contribution < 1.29 is 0 Å². The van der Waals surface area contributed by atoms with Gasteiger partial charge in [0, 0.05) is 17.7 Å². The maximum Gasteiger partial charge on any atom is 0.254 e. The molecule has 0 saturated carbocycles. The highest BCUT2D eigenvalue weighted by Gasteiger charge is 2.17. The van der Waals surface area contributed by atoms with E-state index in [2.05, 4.69) is 15.3 Å². The normalized spacial score (nSPS) is 17.9. The first-order valence-corrected chi connectivity index (χ1v) is 5.60. The summed E-state index contributed by atoms with van der Waals surface area (Å²) in [5.74, 6) is 1.28. The molecule has 0 aliphatic carbocycles.